The summed E-state index contributed by atoms with van der Waals surface area (Å²) >= 11 is 0. The van der Waals surface area contributed by atoms with Gasteiger partial charge in [0.15, 0.2) is 0 Å². The Morgan fingerprint density at radius 1 is 0.800 bits per heavy atom. The molecule has 1 saturated heterocycles. The summed E-state index contributed by atoms with van der Waals surface area (Å²) in [5, 5.41) is 7.17. The average Bonchev–Trinajstić information content (AvgIpc) is 3.55. The van der Waals surface area contributed by atoms with Crippen LogP contribution in [0.3, 0.4) is 0 Å². The van der Waals surface area contributed by atoms with Gasteiger partial charge in [0.1, 0.15) is 0 Å². The lowest BCUT2D eigenvalue weighted by Gasteiger charge is -2.14. The van der Waals surface area contributed by atoms with E-state index in [4.69, 9.17) is 9.98 Å². The van der Waals surface area contributed by atoms with E-state index in [1.54, 1.807) is 0 Å². The summed E-state index contributed by atoms with van der Waals surface area (Å²) in [6.45, 7) is 4.35. The van der Waals surface area contributed by atoms with E-state index in [2.05, 4.69) is 58.6 Å². The SMILES string of the molecule is C1=NCc2c1c1c(c3c2=c2c(CCN4CCCC4)cccc2=N3)N=c2ccccc2=1. The first-order valence-electron chi connectivity index (χ1n) is 11.0. The Bertz CT molecular complexity index is 1580. The Morgan fingerprint density at radius 2 is 1.60 bits per heavy atom. The van der Waals surface area contributed by atoms with E-state index >= 15 is 0 Å². The Morgan fingerprint density at radius 3 is 2.53 bits per heavy atom. The van der Waals surface area contributed by atoms with Crippen LogP contribution in [0.1, 0.15) is 29.5 Å². The number of benzene rings is 3. The molecule has 0 amide bonds. The third-order valence-corrected chi connectivity index (χ3v) is 6.98. The lowest BCUT2D eigenvalue weighted by atomic mass is 9.98. The summed E-state index contributed by atoms with van der Waals surface area (Å²) in [6, 6.07) is 15.0. The van der Waals surface area contributed by atoms with Crippen LogP contribution in [-0.2, 0) is 13.0 Å². The summed E-state index contributed by atoms with van der Waals surface area (Å²) in [5.41, 5.74) is 6.06. The van der Waals surface area contributed by atoms with Gasteiger partial charge in [-0.05, 0) is 55.6 Å². The van der Waals surface area contributed by atoms with E-state index in [9.17, 15) is 0 Å². The number of rotatable bonds is 3. The molecule has 1 fully saturated rings. The van der Waals surface area contributed by atoms with E-state index in [1.807, 2.05) is 0 Å². The van der Waals surface area contributed by atoms with E-state index in [1.165, 1.54) is 63.5 Å². The molecule has 0 spiro atoms. The van der Waals surface area contributed by atoms with Crippen molar-refractivity contribution in [2.24, 2.45) is 15.0 Å². The predicted molar refractivity (Wildman–Crippen MR) is 117 cm³/mol. The van der Waals surface area contributed by atoms with Crippen molar-refractivity contribution in [2.45, 2.75) is 25.8 Å². The van der Waals surface area contributed by atoms with Crippen molar-refractivity contribution in [1.82, 2.24) is 4.90 Å². The van der Waals surface area contributed by atoms with Gasteiger partial charge in [0.05, 0.1) is 28.6 Å². The molecule has 3 aromatic carbocycles. The first kappa shape index (κ1) is 16.7. The maximum absolute atomic E-state index is 5.12. The number of hydrogen-bond donors (Lipinski definition) is 0. The van der Waals surface area contributed by atoms with E-state index < -0.39 is 0 Å². The minimum atomic E-state index is 0.739. The Balaban J connectivity index is 1.56. The van der Waals surface area contributed by atoms with Crippen molar-refractivity contribution >= 4 is 17.6 Å². The first-order chi connectivity index (χ1) is 14.9. The molecule has 4 heterocycles. The smallest absolute Gasteiger partial charge is 0.0986 e. The van der Waals surface area contributed by atoms with Gasteiger partial charge < -0.3 is 4.90 Å². The second kappa shape index (κ2) is 6.19. The number of aliphatic imine (C=N–C) groups is 1. The lowest BCUT2D eigenvalue weighted by Crippen LogP contribution is -2.22. The van der Waals surface area contributed by atoms with Gasteiger partial charge in [0, 0.05) is 39.2 Å². The predicted octanol–water partition coefficient (Wildman–Crippen LogP) is 3.36. The van der Waals surface area contributed by atoms with Crippen molar-refractivity contribution < 1.29 is 0 Å². The molecule has 0 atom stereocenters. The van der Waals surface area contributed by atoms with Crippen LogP contribution in [0.25, 0.3) is 0 Å². The van der Waals surface area contributed by atoms with Crippen LogP contribution in [0.4, 0.5) is 11.4 Å². The number of likely N-dealkylation sites (tertiary alicyclic amines) is 1. The largest absolute Gasteiger partial charge is 0.303 e. The molecular formula is C26H22N4. The van der Waals surface area contributed by atoms with Gasteiger partial charge in [-0.3, -0.25) is 4.99 Å². The van der Waals surface area contributed by atoms with Gasteiger partial charge in [0.2, 0.25) is 0 Å². The van der Waals surface area contributed by atoms with Crippen LogP contribution in [-0.4, -0.2) is 30.7 Å². The zero-order valence-electron chi connectivity index (χ0n) is 16.9. The molecule has 7 rings (SSSR count). The van der Waals surface area contributed by atoms with Crippen LogP contribution in [0, 0.1) is 20.9 Å². The van der Waals surface area contributed by atoms with E-state index in [0.717, 1.165) is 41.6 Å². The zero-order chi connectivity index (χ0) is 19.7. The fourth-order valence-electron chi connectivity index (χ4n) is 5.57. The van der Waals surface area contributed by atoms with Gasteiger partial charge in [-0.15, -0.1) is 0 Å². The summed E-state index contributed by atoms with van der Waals surface area (Å²) < 4.78 is 0. The van der Waals surface area contributed by atoms with Crippen molar-refractivity contribution in [2.75, 3.05) is 19.6 Å². The number of nitrogens with zero attached hydrogens (tertiary/aromatic N) is 4. The molecule has 146 valence electrons. The van der Waals surface area contributed by atoms with Crippen LogP contribution in [0.15, 0.2) is 57.4 Å². The monoisotopic (exact) mass is 390 g/mol. The van der Waals surface area contributed by atoms with Gasteiger partial charge >= 0.3 is 0 Å². The Labute approximate surface area is 174 Å². The highest BCUT2D eigenvalue weighted by Crippen LogP contribution is 2.39. The topological polar surface area (TPSA) is 40.3 Å². The third kappa shape index (κ3) is 2.23. The van der Waals surface area contributed by atoms with Crippen molar-refractivity contribution in [3.05, 3.63) is 90.7 Å². The second-order valence-electron chi connectivity index (χ2n) is 8.66. The maximum atomic E-state index is 5.12. The fraction of sp³-hybridized carbons (Fsp3) is 0.269. The Kier molecular flexibility index (Phi) is 3.44. The lowest BCUT2D eigenvalue weighted by molar-refractivity contribution is 0.343. The number of para-hydroxylation sites is 1. The molecule has 30 heavy (non-hydrogen) atoms. The van der Waals surface area contributed by atoms with Crippen molar-refractivity contribution in [3.63, 3.8) is 0 Å². The van der Waals surface area contributed by atoms with Crippen LogP contribution >= 0.6 is 0 Å². The molecule has 0 saturated carbocycles. The molecule has 0 aliphatic carbocycles. The maximum Gasteiger partial charge on any atom is 0.0986 e. The molecule has 4 aliphatic heterocycles. The number of hydrogen-bond acceptors (Lipinski definition) is 4. The minimum Gasteiger partial charge on any atom is -0.303 e. The highest BCUT2D eigenvalue weighted by atomic mass is 15.1. The highest BCUT2D eigenvalue weighted by molar-refractivity contribution is 5.90. The zero-order valence-corrected chi connectivity index (χ0v) is 16.9. The van der Waals surface area contributed by atoms with Crippen LogP contribution in [0.5, 0.6) is 0 Å². The summed E-state index contributed by atoms with van der Waals surface area (Å²) in [6.07, 6.45) is 5.80. The van der Waals surface area contributed by atoms with Gasteiger partial charge in [-0.1, -0.05) is 30.3 Å². The molecule has 0 bridgehead atoms. The Hall–Kier alpha value is -3.11. The normalized spacial score (nSPS) is 17.2. The molecule has 0 aromatic heterocycles. The molecule has 4 heteroatoms. The molecule has 3 aromatic rings. The first-order valence-corrected chi connectivity index (χ1v) is 11.0. The van der Waals surface area contributed by atoms with Crippen LogP contribution < -0.4 is 10.7 Å². The highest BCUT2D eigenvalue weighted by Gasteiger charge is 2.24. The molecular weight excluding hydrogens is 368 g/mol. The fourth-order valence-corrected chi connectivity index (χ4v) is 5.57. The van der Waals surface area contributed by atoms with Gasteiger partial charge in [-0.25, -0.2) is 9.98 Å². The average molecular weight is 390 g/mol. The molecule has 0 N–H and O–H groups in total. The van der Waals surface area contributed by atoms with Crippen molar-refractivity contribution in [1.29, 1.82) is 0 Å². The third-order valence-electron chi connectivity index (χ3n) is 6.98. The molecule has 4 aliphatic rings. The second-order valence-corrected chi connectivity index (χ2v) is 8.66. The minimum absolute atomic E-state index is 0.739. The molecule has 4 nitrogen and oxygen atoms in total. The number of fused-ring (bicyclic) bond motifs is 8. The van der Waals surface area contributed by atoms with Crippen LogP contribution in [0.2, 0.25) is 0 Å². The van der Waals surface area contributed by atoms with Gasteiger partial charge in [-0.2, -0.15) is 0 Å². The standard InChI is InChI=1S/C26H22N4/c1-2-8-20-17(7-1)23-18-14-27-15-19(18)24-22-16(10-13-30-11-3-4-12-30)6-5-9-21(22)29-26(24)25(23)28-20/h1-2,5-9,14H,3-4,10-13,15H2. The molecule has 0 unspecified atom stereocenters. The summed E-state index contributed by atoms with van der Waals surface area (Å²) in [4.78, 5) is 17.4. The van der Waals surface area contributed by atoms with Crippen molar-refractivity contribution in [3.8, 4) is 0 Å². The quantitative estimate of drug-likeness (QED) is 0.466. The van der Waals surface area contributed by atoms with E-state index in [-0.39, 0.29) is 0 Å². The van der Waals surface area contributed by atoms with Gasteiger partial charge in [0.25, 0.3) is 0 Å². The van der Waals surface area contributed by atoms with E-state index in [0.29, 0.717) is 0 Å². The molecule has 0 radical (unpaired) electrons. The summed E-state index contributed by atoms with van der Waals surface area (Å²) in [7, 11) is 0. The summed E-state index contributed by atoms with van der Waals surface area (Å²) in [5.74, 6) is 0.